The molecular formula is C22H37NO. The van der Waals surface area contributed by atoms with E-state index in [0.29, 0.717) is 13.0 Å². The molecule has 136 valence electrons. The minimum absolute atomic E-state index is 0.187. The highest BCUT2D eigenvalue weighted by Crippen LogP contribution is 2.12. The van der Waals surface area contributed by atoms with Gasteiger partial charge in [0.1, 0.15) is 0 Å². The van der Waals surface area contributed by atoms with Crippen molar-refractivity contribution in [2.24, 2.45) is 0 Å². The molecule has 0 fully saturated rings. The molecule has 0 spiro atoms. The Labute approximate surface area is 149 Å². The normalized spacial score (nSPS) is 10.8. The van der Waals surface area contributed by atoms with Gasteiger partial charge in [-0.1, -0.05) is 101 Å². The highest BCUT2D eigenvalue weighted by Gasteiger charge is 2.01. The van der Waals surface area contributed by atoms with Crippen LogP contribution in [-0.2, 0) is 11.3 Å². The van der Waals surface area contributed by atoms with Crippen LogP contribution in [0.5, 0.6) is 0 Å². The molecule has 1 amide bonds. The van der Waals surface area contributed by atoms with Crippen molar-refractivity contribution in [1.82, 2.24) is 5.32 Å². The van der Waals surface area contributed by atoms with Crippen molar-refractivity contribution in [3.8, 4) is 0 Å². The molecule has 0 aliphatic rings. The summed E-state index contributed by atoms with van der Waals surface area (Å²) in [7, 11) is 0. The van der Waals surface area contributed by atoms with Crippen LogP contribution in [0.1, 0.15) is 95.1 Å². The molecule has 1 aromatic rings. The first-order valence-corrected chi connectivity index (χ1v) is 10.0. The zero-order valence-corrected chi connectivity index (χ0v) is 15.9. The van der Waals surface area contributed by atoms with Crippen LogP contribution >= 0.6 is 0 Å². The maximum atomic E-state index is 11.8. The van der Waals surface area contributed by atoms with Gasteiger partial charge in [-0.3, -0.25) is 4.79 Å². The molecule has 0 saturated carbocycles. The van der Waals surface area contributed by atoms with Gasteiger partial charge >= 0.3 is 0 Å². The second-order valence-corrected chi connectivity index (χ2v) is 7.05. The average Bonchev–Trinajstić information content (AvgIpc) is 2.59. The zero-order chi connectivity index (χ0) is 17.5. The molecule has 0 aliphatic heterocycles. The summed E-state index contributed by atoms with van der Waals surface area (Å²) in [6.45, 7) is 4.99. The van der Waals surface area contributed by atoms with E-state index < -0.39 is 0 Å². The lowest BCUT2D eigenvalue weighted by atomic mass is 10.1. The third-order valence-corrected chi connectivity index (χ3v) is 4.62. The van der Waals surface area contributed by atoms with E-state index in [2.05, 4.69) is 43.4 Å². The summed E-state index contributed by atoms with van der Waals surface area (Å²) in [5, 5.41) is 3.01. The fraction of sp³-hybridized carbons (Fsp3) is 0.682. The summed E-state index contributed by atoms with van der Waals surface area (Å²) in [5.74, 6) is 0.187. The number of rotatable bonds is 14. The molecule has 1 rings (SSSR count). The predicted molar refractivity (Wildman–Crippen MR) is 104 cm³/mol. The van der Waals surface area contributed by atoms with Crippen LogP contribution in [-0.4, -0.2) is 5.91 Å². The van der Waals surface area contributed by atoms with Crippen molar-refractivity contribution in [1.29, 1.82) is 0 Å². The second-order valence-electron chi connectivity index (χ2n) is 7.05. The van der Waals surface area contributed by atoms with Crippen LogP contribution in [0.2, 0.25) is 0 Å². The zero-order valence-electron chi connectivity index (χ0n) is 15.9. The minimum atomic E-state index is 0.187. The Balaban J connectivity index is 1.88. The number of carbonyl (C=O) groups excluding carboxylic acids is 1. The Morgan fingerprint density at radius 1 is 0.792 bits per heavy atom. The van der Waals surface area contributed by atoms with Gasteiger partial charge in [0.25, 0.3) is 0 Å². The third-order valence-electron chi connectivity index (χ3n) is 4.62. The summed E-state index contributed by atoms with van der Waals surface area (Å²) >= 11 is 0. The molecule has 0 heterocycles. The van der Waals surface area contributed by atoms with Gasteiger partial charge in [-0.15, -0.1) is 0 Å². The lowest BCUT2D eigenvalue weighted by Gasteiger charge is -2.06. The van der Waals surface area contributed by atoms with Crippen LogP contribution in [0.4, 0.5) is 0 Å². The fourth-order valence-electron chi connectivity index (χ4n) is 2.94. The van der Waals surface area contributed by atoms with Gasteiger partial charge < -0.3 is 5.32 Å². The van der Waals surface area contributed by atoms with Gasteiger partial charge in [0.15, 0.2) is 0 Å². The smallest absolute Gasteiger partial charge is 0.220 e. The molecule has 2 nitrogen and oxygen atoms in total. The van der Waals surface area contributed by atoms with Crippen LogP contribution in [0.3, 0.4) is 0 Å². The lowest BCUT2D eigenvalue weighted by molar-refractivity contribution is -0.121. The third kappa shape index (κ3) is 11.3. The van der Waals surface area contributed by atoms with Crippen molar-refractivity contribution < 1.29 is 4.79 Å². The minimum Gasteiger partial charge on any atom is -0.352 e. The summed E-state index contributed by atoms with van der Waals surface area (Å²) in [6, 6.07) is 8.34. The summed E-state index contributed by atoms with van der Waals surface area (Å²) < 4.78 is 0. The summed E-state index contributed by atoms with van der Waals surface area (Å²) in [5.41, 5.74) is 2.43. The second kappa shape index (κ2) is 14.1. The maximum absolute atomic E-state index is 11.8. The van der Waals surface area contributed by atoms with E-state index in [1.54, 1.807) is 0 Å². The Morgan fingerprint density at radius 2 is 1.29 bits per heavy atom. The number of hydrogen-bond acceptors (Lipinski definition) is 1. The topological polar surface area (TPSA) is 29.1 Å². The molecule has 0 saturated heterocycles. The molecule has 1 N–H and O–H groups in total. The molecule has 0 aliphatic carbocycles. The van der Waals surface area contributed by atoms with Crippen molar-refractivity contribution in [3.05, 3.63) is 35.4 Å². The van der Waals surface area contributed by atoms with Crippen molar-refractivity contribution in [2.45, 2.75) is 97.4 Å². The van der Waals surface area contributed by atoms with E-state index in [9.17, 15) is 4.79 Å². The predicted octanol–water partition coefficient (Wildman–Crippen LogP) is 6.31. The number of amides is 1. The van der Waals surface area contributed by atoms with Gasteiger partial charge in [-0.25, -0.2) is 0 Å². The van der Waals surface area contributed by atoms with E-state index in [-0.39, 0.29) is 5.91 Å². The highest BCUT2D eigenvalue weighted by atomic mass is 16.1. The Hall–Kier alpha value is -1.31. The van der Waals surface area contributed by atoms with E-state index in [0.717, 1.165) is 6.42 Å². The van der Waals surface area contributed by atoms with Gasteiger partial charge in [-0.05, 0) is 18.9 Å². The molecule has 0 atom stereocenters. The van der Waals surface area contributed by atoms with E-state index in [1.807, 2.05) is 0 Å². The summed E-state index contributed by atoms with van der Waals surface area (Å²) in [4.78, 5) is 11.8. The van der Waals surface area contributed by atoms with Gasteiger partial charge in [0.2, 0.25) is 5.91 Å². The van der Waals surface area contributed by atoms with Gasteiger partial charge in [0.05, 0.1) is 0 Å². The van der Waals surface area contributed by atoms with Crippen molar-refractivity contribution in [2.75, 3.05) is 0 Å². The fourth-order valence-corrected chi connectivity index (χ4v) is 2.94. The Kier molecular flexibility index (Phi) is 12.2. The number of hydrogen-bond donors (Lipinski definition) is 1. The quantitative estimate of drug-likeness (QED) is 0.397. The van der Waals surface area contributed by atoms with Crippen molar-refractivity contribution in [3.63, 3.8) is 0 Å². The van der Waals surface area contributed by atoms with Crippen LogP contribution in [0.25, 0.3) is 0 Å². The van der Waals surface area contributed by atoms with E-state index >= 15 is 0 Å². The monoisotopic (exact) mass is 331 g/mol. The highest BCUT2D eigenvalue weighted by molar-refractivity contribution is 5.75. The molecule has 2 heteroatoms. The first kappa shape index (κ1) is 20.7. The Bertz CT molecular complexity index is 424. The molecule has 0 unspecified atom stereocenters. The van der Waals surface area contributed by atoms with Crippen LogP contribution < -0.4 is 5.32 Å². The Morgan fingerprint density at radius 3 is 1.83 bits per heavy atom. The first-order chi connectivity index (χ1) is 11.7. The first-order valence-electron chi connectivity index (χ1n) is 10.0. The number of aryl methyl sites for hydroxylation is 1. The number of nitrogens with one attached hydrogen (secondary N) is 1. The van der Waals surface area contributed by atoms with Gasteiger partial charge in [-0.2, -0.15) is 0 Å². The van der Waals surface area contributed by atoms with Crippen LogP contribution in [0, 0.1) is 6.92 Å². The molecule has 1 aromatic carbocycles. The number of unbranched alkanes of at least 4 members (excludes halogenated alkanes) is 10. The average molecular weight is 332 g/mol. The lowest BCUT2D eigenvalue weighted by Crippen LogP contribution is -2.22. The van der Waals surface area contributed by atoms with E-state index in [4.69, 9.17) is 0 Å². The van der Waals surface area contributed by atoms with Crippen molar-refractivity contribution >= 4 is 5.91 Å². The number of carbonyl (C=O) groups is 1. The standard InChI is InChI=1S/C22H37NO/c1-3-4-5-6-7-8-9-10-11-12-13-14-22(24)23-19-21-17-15-20(2)16-18-21/h15-18H,3-14,19H2,1-2H3,(H,23,24). The van der Waals surface area contributed by atoms with E-state index in [1.165, 1.54) is 75.3 Å². The maximum Gasteiger partial charge on any atom is 0.220 e. The molecule has 0 bridgehead atoms. The van der Waals surface area contributed by atoms with Gasteiger partial charge in [0, 0.05) is 13.0 Å². The molecule has 24 heavy (non-hydrogen) atoms. The summed E-state index contributed by atoms with van der Waals surface area (Å²) in [6.07, 6.45) is 15.2. The molecular weight excluding hydrogens is 294 g/mol. The molecule has 0 aromatic heterocycles. The SMILES string of the molecule is CCCCCCCCCCCCCC(=O)NCc1ccc(C)cc1. The number of benzene rings is 1. The molecule has 0 radical (unpaired) electrons. The largest absolute Gasteiger partial charge is 0.352 e. The van der Waals surface area contributed by atoms with Crippen LogP contribution in [0.15, 0.2) is 24.3 Å².